The molecule has 0 bridgehead atoms. The molecule has 0 saturated heterocycles. The van der Waals surface area contributed by atoms with Crippen LogP contribution in [-0.4, -0.2) is 15.9 Å². The second-order valence-corrected chi connectivity index (χ2v) is 2.27. The Bertz CT molecular complexity index is 138. The van der Waals surface area contributed by atoms with E-state index < -0.39 is 10.8 Å². The van der Waals surface area contributed by atoms with Crippen LogP contribution in [0.3, 0.4) is 0 Å². The fourth-order valence-electron chi connectivity index (χ4n) is 0.166. The fourth-order valence-corrected chi connectivity index (χ4v) is 0.298. The number of rotatable bonds is 2. The Hall–Kier alpha value is -0.450. The quantitative estimate of drug-likeness (QED) is 0.544. The Kier molecular flexibility index (Phi) is 2.76. The van der Waals surface area contributed by atoms with Crippen LogP contribution in [0, 0.1) is 0 Å². The van der Waals surface area contributed by atoms with Gasteiger partial charge < -0.3 is 5.11 Å². The van der Waals surface area contributed by atoms with Crippen molar-refractivity contribution in [3.8, 4) is 0 Å². The summed E-state index contributed by atoms with van der Waals surface area (Å²) in [7, 11) is 0. The molecule has 0 radical (unpaired) electrons. The van der Waals surface area contributed by atoms with E-state index in [4.69, 9.17) is 5.11 Å². The molecule has 0 heterocycles. The molecule has 1 N–H and O–H groups in total. The summed E-state index contributed by atoms with van der Waals surface area (Å²) in [6, 6.07) is 0. The van der Waals surface area contributed by atoms with E-state index in [2.05, 4.69) is 0 Å². The molecule has 0 atom stereocenters. The van der Waals surface area contributed by atoms with Crippen molar-refractivity contribution < 1.29 is 18.7 Å². The van der Waals surface area contributed by atoms with Crippen molar-refractivity contribution in [3.63, 3.8) is 0 Å². The molecule has 52 valence electrons. The molecule has 0 fully saturated rings. The molecule has 0 rings (SSSR count). The summed E-state index contributed by atoms with van der Waals surface area (Å²) in [6.45, 7) is 0. The minimum absolute atomic E-state index is 0.245. The zero-order valence-electron chi connectivity index (χ0n) is 4.14. The summed E-state index contributed by atoms with van der Waals surface area (Å²) in [6.07, 6.45) is 0.615. The Morgan fingerprint density at radius 1 is 1.67 bits per heavy atom. The topological polar surface area (TPSA) is 37.3 Å². The highest BCUT2D eigenvalue weighted by atomic mass is 79.9. The van der Waals surface area contributed by atoms with Crippen molar-refractivity contribution in [1.29, 1.82) is 0 Å². The van der Waals surface area contributed by atoms with Crippen LogP contribution < -0.4 is 0 Å². The first-order chi connectivity index (χ1) is 3.92. The van der Waals surface area contributed by atoms with Gasteiger partial charge in [0, 0.05) is 12.2 Å². The summed E-state index contributed by atoms with van der Waals surface area (Å²) in [5.74, 6) is -1.39. The van der Waals surface area contributed by atoms with Crippen LogP contribution >= 0.6 is 15.9 Å². The van der Waals surface area contributed by atoms with Crippen LogP contribution in [0.2, 0.25) is 0 Å². The van der Waals surface area contributed by atoms with Crippen molar-refractivity contribution in [1.82, 2.24) is 0 Å². The van der Waals surface area contributed by atoms with E-state index in [0.717, 1.165) is 0 Å². The van der Waals surface area contributed by atoms with Gasteiger partial charge in [-0.15, -0.1) is 0 Å². The maximum atomic E-state index is 11.6. The van der Waals surface area contributed by atoms with Gasteiger partial charge in [-0.2, -0.15) is 8.78 Å². The van der Waals surface area contributed by atoms with Crippen LogP contribution in [0.4, 0.5) is 8.78 Å². The average molecular weight is 201 g/mol. The van der Waals surface area contributed by atoms with Crippen molar-refractivity contribution in [2.45, 2.75) is 4.83 Å². The number of allylic oxidation sites excluding steroid dienone is 1. The molecule has 9 heavy (non-hydrogen) atoms. The van der Waals surface area contributed by atoms with Gasteiger partial charge in [0.15, 0.2) is 0 Å². The van der Waals surface area contributed by atoms with Gasteiger partial charge in [-0.3, -0.25) is 0 Å². The summed E-state index contributed by atoms with van der Waals surface area (Å²) >= 11 is 1.92. The number of hydrogen-bond donors (Lipinski definition) is 1. The van der Waals surface area contributed by atoms with E-state index in [1.165, 1.54) is 0 Å². The van der Waals surface area contributed by atoms with Crippen molar-refractivity contribution >= 4 is 21.9 Å². The predicted octanol–water partition coefficient (Wildman–Crippen LogP) is 1.61. The molecule has 0 aliphatic rings. The predicted molar refractivity (Wildman–Crippen MR) is 30.6 cm³/mol. The van der Waals surface area contributed by atoms with E-state index in [-0.39, 0.29) is 6.08 Å². The van der Waals surface area contributed by atoms with E-state index in [1.54, 1.807) is 0 Å². The molecule has 0 aliphatic carbocycles. The number of carboxylic acid groups (broad SMARTS) is 1. The average Bonchev–Trinajstić information content (AvgIpc) is 1.59. The number of hydrogen-bond acceptors (Lipinski definition) is 1. The lowest BCUT2D eigenvalue weighted by Gasteiger charge is -1.96. The zero-order chi connectivity index (χ0) is 7.49. The molecular weight excluding hydrogens is 198 g/mol. The molecule has 0 unspecified atom stereocenters. The van der Waals surface area contributed by atoms with Crippen LogP contribution in [0.1, 0.15) is 0 Å². The van der Waals surface area contributed by atoms with Crippen LogP contribution in [0.5, 0.6) is 0 Å². The molecule has 0 spiro atoms. The van der Waals surface area contributed by atoms with Crippen LogP contribution in [-0.2, 0) is 4.79 Å². The number of halogens is 3. The van der Waals surface area contributed by atoms with Crippen molar-refractivity contribution in [3.05, 3.63) is 12.2 Å². The third-order valence-corrected chi connectivity index (χ3v) is 0.679. The third-order valence-electron chi connectivity index (χ3n) is 0.415. The Morgan fingerprint density at radius 3 is 2.22 bits per heavy atom. The highest BCUT2D eigenvalue weighted by Crippen LogP contribution is 2.22. The SMILES string of the molecule is O=C(O)/C=C/C(F)(F)Br. The van der Waals surface area contributed by atoms with E-state index in [1.807, 2.05) is 15.9 Å². The molecule has 0 amide bonds. The first-order valence-corrected chi connectivity index (χ1v) is 2.70. The number of carboxylic acids is 1. The second kappa shape index (κ2) is 2.91. The lowest BCUT2D eigenvalue weighted by atomic mass is 10.5. The van der Waals surface area contributed by atoms with E-state index in [0.29, 0.717) is 6.08 Å². The second-order valence-electron chi connectivity index (χ2n) is 1.21. The van der Waals surface area contributed by atoms with Crippen LogP contribution in [0.25, 0.3) is 0 Å². The van der Waals surface area contributed by atoms with Gasteiger partial charge in [-0.1, -0.05) is 0 Å². The molecule has 0 aromatic heterocycles. The monoisotopic (exact) mass is 200 g/mol. The van der Waals surface area contributed by atoms with Gasteiger partial charge in [-0.05, 0) is 15.9 Å². The maximum Gasteiger partial charge on any atom is 0.328 e. The zero-order valence-corrected chi connectivity index (χ0v) is 5.73. The molecule has 2 nitrogen and oxygen atoms in total. The largest absolute Gasteiger partial charge is 0.478 e. The van der Waals surface area contributed by atoms with E-state index >= 15 is 0 Å². The maximum absolute atomic E-state index is 11.6. The van der Waals surface area contributed by atoms with Gasteiger partial charge in [-0.25, -0.2) is 4.79 Å². The molecule has 0 saturated carbocycles. The molecular formula is C4H3BrF2O2. The van der Waals surface area contributed by atoms with Gasteiger partial charge in [0.05, 0.1) is 0 Å². The van der Waals surface area contributed by atoms with Gasteiger partial charge >= 0.3 is 10.8 Å². The Morgan fingerprint density at radius 2 is 2.11 bits per heavy atom. The van der Waals surface area contributed by atoms with Gasteiger partial charge in [0.1, 0.15) is 0 Å². The molecule has 0 aromatic carbocycles. The summed E-state index contributed by atoms with van der Waals surface area (Å²) in [5, 5.41) is 7.84. The minimum atomic E-state index is -3.22. The van der Waals surface area contributed by atoms with Gasteiger partial charge in [0.25, 0.3) is 0 Å². The van der Waals surface area contributed by atoms with Crippen molar-refractivity contribution in [2.75, 3.05) is 0 Å². The Labute approximate surface area is 58.3 Å². The minimum Gasteiger partial charge on any atom is -0.478 e. The summed E-state index contributed by atoms with van der Waals surface area (Å²) in [5.41, 5.74) is 0. The number of alkyl halides is 3. The smallest absolute Gasteiger partial charge is 0.328 e. The van der Waals surface area contributed by atoms with Crippen molar-refractivity contribution in [2.24, 2.45) is 0 Å². The fraction of sp³-hybridized carbons (Fsp3) is 0.250. The first kappa shape index (κ1) is 8.55. The first-order valence-electron chi connectivity index (χ1n) is 1.91. The highest BCUT2D eigenvalue weighted by molar-refractivity contribution is 9.10. The summed E-state index contributed by atoms with van der Waals surface area (Å²) < 4.78 is 23.3. The normalized spacial score (nSPS) is 12.3. The lowest BCUT2D eigenvalue weighted by molar-refractivity contribution is -0.131. The standard InChI is InChI=1S/C4H3BrF2O2/c5-4(6,7)2-1-3(8)9/h1-2H,(H,8,9)/b2-1+. The van der Waals surface area contributed by atoms with E-state index in [9.17, 15) is 13.6 Å². The van der Waals surface area contributed by atoms with Crippen LogP contribution in [0.15, 0.2) is 12.2 Å². The Balaban J connectivity index is 3.86. The molecule has 0 aromatic rings. The lowest BCUT2D eigenvalue weighted by Crippen LogP contribution is -1.99. The molecule has 5 heteroatoms. The third kappa shape index (κ3) is 7.55. The highest BCUT2D eigenvalue weighted by Gasteiger charge is 2.18. The van der Waals surface area contributed by atoms with Gasteiger partial charge in [0.2, 0.25) is 0 Å². The number of aliphatic carboxylic acids is 1. The molecule has 0 aliphatic heterocycles. The summed E-state index contributed by atoms with van der Waals surface area (Å²) in [4.78, 5) is 6.39. The number of carbonyl (C=O) groups is 1.